The van der Waals surface area contributed by atoms with E-state index in [1.54, 1.807) is 24.4 Å². The maximum absolute atomic E-state index is 12.5. The van der Waals surface area contributed by atoms with Gasteiger partial charge in [-0.1, -0.05) is 26.0 Å². The number of carboxylic acid groups (broad SMARTS) is 1. The van der Waals surface area contributed by atoms with E-state index >= 15 is 0 Å². The number of amides is 1. The Morgan fingerprint density at radius 2 is 1.76 bits per heavy atom. The third-order valence-electron chi connectivity index (χ3n) is 5.82. The highest BCUT2D eigenvalue weighted by molar-refractivity contribution is 5.97. The number of benzene rings is 2. The van der Waals surface area contributed by atoms with Crippen molar-refractivity contribution in [2.45, 2.75) is 45.6 Å². The Hall–Kier alpha value is -3.87. The molecule has 0 saturated heterocycles. The topological polar surface area (TPSA) is 103 Å². The van der Waals surface area contributed by atoms with Crippen LogP contribution in [0.1, 0.15) is 65.0 Å². The van der Waals surface area contributed by atoms with E-state index in [9.17, 15) is 14.7 Å². The lowest BCUT2D eigenvalue weighted by Gasteiger charge is -2.22. The summed E-state index contributed by atoms with van der Waals surface area (Å²) in [5, 5.41) is 22.7. The summed E-state index contributed by atoms with van der Waals surface area (Å²) < 4.78 is 0. The number of carboxylic acids is 1. The Morgan fingerprint density at radius 1 is 1.03 bits per heavy atom. The number of nitrogens with zero attached hydrogens (tertiary/aromatic N) is 2. The Bertz CT molecular complexity index is 1180. The van der Waals surface area contributed by atoms with Crippen molar-refractivity contribution < 1.29 is 19.8 Å². The molecule has 34 heavy (non-hydrogen) atoms. The van der Waals surface area contributed by atoms with Crippen LogP contribution in [0.25, 0.3) is 0 Å². The van der Waals surface area contributed by atoms with Gasteiger partial charge in [0.1, 0.15) is 5.75 Å². The van der Waals surface area contributed by atoms with Gasteiger partial charge in [0.25, 0.3) is 5.91 Å². The third-order valence-corrected chi connectivity index (χ3v) is 5.82. The quantitative estimate of drug-likeness (QED) is 0.408. The summed E-state index contributed by atoms with van der Waals surface area (Å²) in [4.78, 5) is 29.8. The lowest BCUT2D eigenvalue weighted by atomic mass is 10.0. The number of nitrogens with one attached hydrogen (secondary N) is 1. The average molecular weight is 462 g/mol. The second-order valence-electron chi connectivity index (χ2n) is 8.81. The Kier molecular flexibility index (Phi) is 7.89. The van der Waals surface area contributed by atoms with Gasteiger partial charge in [0, 0.05) is 24.8 Å². The first-order chi connectivity index (χ1) is 16.2. The van der Waals surface area contributed by atoms with Crippen molar-refractivity contribution in [3.05, 3.63) is 83.2 Å². The number of aryl methyl sites for hydroxylation is 1. The summed E-state index contributed by atoms with van der Waals surface area (Å²) >= 11 is 0. The molecule has 3 aromatic rings. The Morgan fingerprint density at radius 3 is 2.44 bits per heavy atom. The lowest BCUT2D eigenvalue weighted by molar-refractivity contribution is 0.0697. The number of pyridine rings is 1. The van der Waals surface area contributed by atoms with Gasteiger partial charge in [0.15, 0.2) is 0 Å². The van der Waals surface area contributed by atoms with Crippen LogP contribution in [0.3, 0.4) is 0 Å². The molecule has 0 radical (unpaired) electrons. The number of aromatic carboxylic acids is 1. The van der Waals surface area contributed by atoms with Crippen LogP contribution in [-0.2, 0) is 6.42 Å². The molecular formula is C27H31N3O4. The molecule has 1 aromatic heterocycles. The molecular weight excluding hydrogens is 430 g/mol. The van der Waals surface area contributed by atoms with Gasteiger partial charge in [-0.25, -0.2) is 4.79 Å². The molecule has 0 spiro atoms. The molecule has 178 valence electrons. The molecule has 0 aliphatic rings. The zero-order valence-electron chi connectivity index (χ0n) is 19.9. The van der Waals surface area contributed by atoms with Crippen molar-refractivity contribution in [2.24, 2.45) is 0 Å². The molecule has 3 rings (SSSR count). The summed E-state index contributed by atoms with van der Waals surface area (Å²) in [5.74, 6) is -0.842. The highest BCUT2D eigenvalue weighted by Crippen LogP contribution is 2.33. The van der Waals surface area contributed by atoms with Gasteiger partial charge in [0.05, 0.1) is 23.1 Å². The van der Waals surface area contributed by atoms with Crippen LogP contribution >= 0.6 is 0 Å². The molecule has 0 aliphatic carbocycles. The zero-order valence-corrected chi connectivity index (χ0v) is 19.9. The maximum atomic E-state index is 12.5. The number of phenolic OH excluding ortho intramolecular Hbond substituents is 1. The maximum Gasteiger partial charge on any atom is 0.335 e. The van der Waals surface area contributed by atoms with Crippen LogP contribution in [-0.4, -0.2) is 40.2 Å². The highest BCUT2D eigenvalue weighted by Gasteiger charge is 2.14. The molecule has 1 unspecified atom stereocenters. The molecule has 0 aliphatic heterocycles. The number of aromatic hydroxyl groups is 1. The molecule has 0 bridgehead atoms. The molecule has 1 heterocycles. The minimum atomic E-state index is -1.07. The normalized spacial score (nSPS) is 11.8. The van der Waals surface area contributed by atoms with Gasteiger partial charge in [-0.2, -0.15) is 0 Å². The minimum absolute atomic E-state index is 0.0764. The fourth-order valence-electron chi connectivity index (χ4n) is 3.65. The van der Waals surface area contributed by atoms with E-state index in [1.165, 1.54) is 12.1 Å². The summed E-state index contributed by atoms with van der Waals surface area (Å²) in [6, 6.07) is 13.5. The first kappa shape index (κ1) is 24.8. The van der Waals surface area contributed by atoms with Crippen molar-refractivity contribution >= 4 is 23.3 Å². The van der Waals surface area contributed by atoms with Gasteiger partial charge in [-0.05, 0) is 73.2 Å². The second kappa shape index (κ2) is 10.8. The van der Waals surface area contributed by atoms with E-state index in [1.807, 2.05) is 37.2 Å². The van der Waals surface area contributed by atoms with Gasteiger partial charge in [-0.15, -0.1) is 0 Å². The van der Waals surface area contributed by atoms with E-state index in [2.05, 4.69) is 30.2 Å². The van der Waals surface area contributed by atoms with E-state index in [-0.39, 0.29) is 23.3 Å². The van der Waals surface area contributed by atoms with E-state index in [0.717, 1.165) is 16.8 Å². The number of phenols is 1. The standard InChI is InChI=1S/C27H31N3O4/c1-17(2)22-14-23(16-28-15-22)30(4)24-11-10-19(12-25(24)31)9-8-18(3)29-26(32)20-6-5-7-21(13-20)27(33)34/h5-7,10-18,31H,8-9H2,1-4H3,(H,29,32)(H,33,34). The molecule has 1 atom stereocenters. The number of hydrogen-bond acceptors (Lipinski definition) is 5. The van der Waals surface area contributed by atoms with E-state index in [4.69, 9.17) is 5.11 Å². The summed E-state index contributed by atoms with van der Waals surface area (Å²) in [6.07, 6.45) is 4.96. The van der Waals surface area contributed by atoms with E-state index in [0.29, 0.717) is 30.0 Å². The fourth-order valence-corrected chi connectivity index (χ4v) is 3.65. The minimum Gasteiger partial charge on any atom is -0.506 e. The van der Waals surface area contributed by atoms with Crippen LogP contribution in [0.15, 0.2) is 60.9 Å². The molecule has 3 N–H and O–H groups in total. The van der Waals surface area contributed by atoms with Crippen LogP contribution in [0.5, 0.6) is 5.75 Å². The van der Waals surface area contributed by atoms with Crippen molar-refractivity contribution in [3.63, 3.8) is 0 Å². The van der Waals surface area contributed by atoms with Crippen LogP contribution in [0.4, 0.5) is 11.4 Å². The zero-order chi connectivity index (χ0) is 24.8. The predicted octanol–water partition coefficient (Wildman–Crippen LogP) is 5.13. The average Bonchev–Trinajstić information content (AvgIpc) is 2.82. The molecule has 0 saturated carbocycles. The Balaban J connectivity index is 1.61. The summed E-state index contributed by atoms with van der Waals surface area (Å²) in [7, 11) is 1.90. The summed E-state index contributed by atoms with van der Waals surface area (Å²) in [6.45, 7) is 6.13. The molecule has 2 aromatic carbocycles. The molecule has 7 nitrogen and oxygen atoms in total. The van der Waals surface area contributed by atoms with Gasteiger partial charge in [0.2, 0.25) is 0 Å². The number of rotatable bonds is 9. The number of carbonyl (C=O) groups excluding carboxylic acids is 1. The smallest absolute Gasteiger partial charge is 0.335 e. The van der Waals surface area contributed by atoms with Crippen LogP contribution in [0, 0.1) is 0 Å². The largest absolute Gasteiger partial charge is 0.506 e. The van der Waals surface area contributed by atoms with Crippen molar-refractivity contribution in [2.75, 3.05) is 11.9 Å². The van der Waals surface area contributed by atoms with E-state index < -0.39 is 5.97 Å². The van der Waals surface area contributed by atoms with Gasteiger partial charge in [-0.3, -0.25) is 9.78 Å². The number of anilines is 2. The van der Waals surface area contributed by atoms with Crippen molar-refractivity contribution in [1.29, 1.82) is 0 Å². The molecule has 1 amide bonds. The lowest BCUT2D eigenvalue weighted by Crippen LogP contribution is -2.33. The SMILES string of the molecule is CC(CCc1ccc(N(C)c2cncc(C(C)C)c2)c(O)c1)NC(=O)c1cccc(C(=O)O)c1. The van der Waals surface area contributed by atoms with Crippen LogP contribution < -0.4 is 10.2 Å². The Labute approximate surface area is 200 Å². The molecule has 7 heteroatoms. The van der Waals surface area contributed by atoms with Crippen molar-refractivity contribution in [1.82, 2.24) is 10.3 Å². The van der Waals surface area contributed by atoms with Gasteiger partial charge >= 0.3 is 5.97 Å². The van der Waals surface area contributed by atoms with Crippen LogP contribution in [0.2, 0.25) is 0 Å². The summed E-state index contributed by atoms with van der Waals surface area (Å²) in [5.41, 5.74) is 4.06. The van der Waals surface area contributed by atoms with Crippen molar-refractivity contribution in [3.8, 4) is 5.75 Å². The molecule has 0 fully saturated rings. The van der Waals surface area contributed by atoms with Gasteiger partial charge < -0.3 is 20.4 Å². The first-order valence-corrected chi connectivity index (χ1v) is 11.3. The highest BCUT2D eigenvalue weighted by atomic mass is 16.4. The fraction of sp³-hybridized carbons (Fsp3) is 0.296. The predicted molar refractivity (Wildman–Crippen MR) is 133 cm³/mol. The number of hydrogen-bond donors (Lipinski definition) is 3. The monoisotopic (exact) mass is 461 g/mol. The first-order valence-electron chi connectivity index (χ1n) is 11.3. The number of aromatic nitrogens is 1. The number of carbonyl (C=O) groups is 2. The second-order valence-corrected chi connectivity index (χ2v) is 8.81. The third kappa shape index (κ3) is 6.13.